The largest absolute Gasteiger partial charge is 0.0776 e. The second-order valence-electron chi connectivity index (χ2n) is 4.43. The Kier molecular flexibility index (Phi) is 2.56. The number of rotatable bonds is 0. The molecule has 0 heterocycles. The van der Waals surface area contributed by atoms with Crippen molar-refractivity contribution in [2.45, 2.75) is 27.7 Å². The molecule has 0 bridgehead atoms. The minimum absolute atomic E-state index is 0.290. The number of hydrogen-bond acceptors (Lipinski definition) is 0. The third-order valence-corrected chi connectivity index (χ3v) is 2.25. The van der Waals surface area contributed by atoms with Gasteiger partial charge in [-0.2, -0.15) is 0 Å². The Balaban J connectivity index is 2.95. The Labute approximate surface area is 75.7 Å². The van der Waals surface area contributed by atoms with E-state index >= 15 is 0 Å². The fraction of sp³-hybridized carbons (Fsp3) is 0.500. The summed E-state index contributed by atoms with van der Waals surface area (Å²) in [6.07, 6.45) is 10.8. The smallest absolute Gasteiger partial charge is 0.00402 e. The van der Waals surface area contributed by atoms with E-state index in [0.717, 1.165) is 0 Å². The standard InChI is InChI=1S/C12H18/c1-10-8-6-5-7-9-11(10)12(2,3)4/h5-10H,1-4H3. The maximum atomic E-state index is 2.27. The first kappa shape index (κ1) is 9.31. The molecule has 1 aliphatic rings. The highest BCUT2D eigenvalue weighted by molar-refractivity contribution is 5.29. The van der Waals surface area contributed by atoms with Crippen molar-refractivity contribution in [1.29, 1.82) is 0 Å². The minimum atomic E-state index is 0.290. The third kappa shape index (κ3) is 2.10. The van der Waals surface area contributed by atoms with Gasteiger partial charge in [-0.05, 0) is 11.3 Å². The van der Waals surface area contributed by atoms with Gasteiger partial charge in [0.05, 0.1) is 0 Å². The molecule has 0 spiro atoms. The zero-order valence-corrected chi connectivity index (χ0v) is 8.46. The molecule has 1 aliphatic carbocycles. The molecular weight excluding hydrogens is 144 g/mol. The van der Waals surface area contributed by atoms with Crippen molar-refractivity contribution in [1.82, 2.24) is 0 Å². The van der Waals surface area contributed by atoms with Gasteiger partial charge in [0.25, 0.3) is 0 Å². The lowest BCUT2D eigenvalue weighted by molar-refractivity contribution is 0.462. The van der Waals surface area contributed by atoms with Crippen LogP contribution in [0.2, 0.25) is 0 Å². The molecule has 1 atom stereocenters. The average Bonchev–Trinajstić information content (AvgIpc) is 2.11. The molecular formula is C12H18. The molecule has 0 fully saturated rings. The fourth-order valence-electron chi connectivity index (χ4n) is 1.64. The molecule has 0 saturated heterocycles. The van der Waals surface area contributed by atoms with E-state index < -0.39 is 0 Å². The van der Waals surface area contributed by atoms with Crippen LogP contribution in [0.4, 0.5) is 0 Å². The molecule has 0 aliphatic heterocycles. The second kappa shape index (κ2) is 3.30. The number of hydrogen-bond donors (Lipinski definition) is 0. The van der Waals surface area contributed by atoms with Crippen LogP contribution in [0.1, 0.15) is 27.7 Å². The van der Waals surface area contributed by atoms with Crippen LogP contribution in [0.5, 0.6) is 0 Å². The lowest BCUT2D eigenvalue weighted by Gasteiger charge is -2.26. The van der Waals surface area contributed by atoms with Crippen LogP contribution < -0.4 is 0 Å². The van der Waals surface area contributed by atoms with Crippen LogP contribution in [0.15, 0.2) is 36.0 Å². The summed E-state index contributed by atoms with van der Waals surface area (Å²) in [6, 6.07) is 0. The maximum absolute atomic E-state index is 2.27. The maximum Gasteiger partial charge on any atom is -0.00402 e. The van der Waals surface area contributed by atoms with E-state index in [1.807, 2.05) is 0 Å². The van der Waals surface area contributed by atoms with Gasteiger partial charge in [0.15, 0.2) is 0 Å². The van der Waals surface area contributed by atoms with E-state index in [-0.39, 0.29) is 0 Å². The van der Waals surface area contributed by atoms with Gasteiger partial charge < -0.3 is 0 Å². The highest BCUT2D eigenvalue weighted by Gasteiger charge is 2.20. The van der Waals surface area contributed by atoms with E-state index in [1.54, 1.807) is 0 Å². The van der Waals surface area contributed by atoms with Crippen LogP contribution in [0, 0.1) is 11.3 Å². The van der Waals surface area contributed by atoms with Crippen LogP contribution in [0.25, 0.3) is 0 Å². The third-order valence-electron chi connectivity index (χ3n) is 2.25. The first-order valence-electron chi connectivity index (χ1n) is 4.57. The molecule has 0 amide bonds. The fourth-order valence-corrected chi connectivity index (χ4v) is 1.64. The zero-order chi connectivity index (χ0) is 9.19. The van der Waals surface area contributed by atoms with E-state index in [9.17, 15) is 0 Å². The van der Waals surface area contributed by atoms with Crippen LogP contribution in [-0.4, -0.2) is 0 Å². The van der Waals surface area contributed by atoms with Gasteiger partial charge >= 0.3 is 0 Å². The predicted octanol–water partition coefficient (Wildman–Crippen LogP) is 3.72. The molecule has 0 saturated carbocycles. The van der Waals surface area contributed by atoms with Crippen molar-refractivity contribution < 1.29 is 0 Å². The summed E-state index contributed by atoms with van der Waals surface area (Å²) in [4.78, 5) is 0. The Morgan fingerprint density at radius 3 is 2.33 bits per heavy atom. The molecule has 0 radical (unpaired) electrons. The van der Waals surface area contributed by atoms with Gasteiger partial charge in [0, 0.05) is 0 Å². The minimum Gasteiger partial charge on any atom is -0.0776 e. The molecule has 0 nitrogen and oxygen atoms in total. The highest BCUT2D eigenvalue weighted by atomic mass is 14.2. The lowest BCUT2D eigenvalue weighted by atomic mass is 9.79. The molecule has 1 unspecified atom stereocenters. The Hall–Kier alpha value is -0.780. The Morgan fingerprint density at radius 1 is 1.08 bits per heavy atom. The molecule has 0 N–H and O–H groups in total. The van der Waals surface area contributed by atoms with Crippen LogP contribution >= 0.6 is 0 Å². The first-order valence-corrected chi connectivity index (χ1v) is 4.57. The predicted molar refractivity (Wildman–Crippen MR) is 55.0 cm³/mol. The van der Waals surface area contributed by atoms with Gasteiger partial charge in [0.2, 0.25) is 0 Å². The van der Waals surface area contributed by atoms with Gasteiger partial charge in [0.1, 0.15) is 0 Å². The monoisotopic (exact) mass is 162 g/mol. The quantitative estimate of drug-likeness (QED) is 0.509. The van der Waals surface area contributed by atoms with Crippen molar-refractivity contribution in [3.05, 3.63) is 36.0 Å². The molecule has 1 rings (SSSR count). The summed E-state index contributed by atoms with van der Waals surface area (Å²) in [6.45, 7) is 9.05. The van der Waals surface area contributed by atoms with Crippen LogP contribution in [-0.2, 0) is 0 Å². The molecule has 0 aromatic heterocycles. The van der Waals surface area contributed by atoms with Crippen molar-refractivity contribution in [2.24, 2.45) is 11.3 Å². The van der Waals surface area contributed by atoms with Crippen molar-refractivity contribution in [3.8, 4) is 0 Å². The van der Waals surface area contributed by atoms with Gasteiger partial charge in [-0.25, -0.2) is 0 Å². The summed E-state index contributed by atoms with van der Waals surface area (Å²) < 4.78 is 0. The Morgan fingerprint density at radius 2 is 1.75 bits per heavy atom. The molecule has 0 heteroatoms. The first-order chi connectivity index (χ1) is 5.52. The lowest BCUT2D eigenvalue weighted by Crippen LogP contribution is -2.14. The van der Waals surface area contributed by atoms with Gasteiger partial charge in [-0.1, -0.05) is 63.6 Å². The van der Waals surface area contributed by atoms with E-state index in [4.69, 9.17) is 0 Å². The summed E-state index contributed by atoms with van der Waals surface area (Å²) in [5.74, 6) is 0.569. The molecule has 66 valence electrons. The van der Waals surface area contributed by atoms with Crippen LogP contribution in [0.3, 0.4) is 0 Å². The summed E-state index contributed by atoms with van der Waals surface area (Å²) >= 11 is 0. The summed E-state index contributed by atoms with van der Waals surface area (Å²) in [5, 5.41) is 0. The average molecular weight is 162 g/mol. The van der Waals surface area contributed by atoms with Crippen molar-refractivity contribution in [2.75, 3.05) is 0 Å². The molecule has 12 heavy (non-hydrogen) atoms. The topological polar surface area (TPSA) is 0 Å². The Bertz CT molecular complexity index is 233. The highest BCUT2D eigenvalue weighted by Crippen LogP contribution is 2.32. The number of allylic oxidation sites excluding steroid dienone is 6. The van der Waals surface area contributed by atoms with E-state index in [0.29, 0.717) is 11.3 Å². The normalized spacial score (nSPS) is 23.7. The molecule has 0 aromatic carbocycles. The summed E-state index contributed by atoms with van der Waals surface area (Å²) in [7, 11) is 0. The van der Waals surface area contributed by atoms with Gasteiger partial charge in [-0.3, -0.25) is 0 Å². The van der Waals surface area contributed by atoms with Crippen molar-refractivity contribution >= 4 is 0 Å². The summed E-state index contributed by atoms with van der Waals surface area (Å²) in [5.41, 5.74) is 1.80. The van der Waals surface area contributed by atoms with Crippen molar-refractivity contribution in [3.63, 3.8) is 0 Å². The SMILES string of the molecule is CC1C=CC=CC=C1C(C)(C)C. The molecule has 0 aromatic rings. The van der Waals surface area contributed by atoms with Gasteiger partial charge in [-0.15, -0.1) is 0 Å². The second-order valence-corrected chi connectivity index (χ2v) is 4.43. The van der Waals surface area contributed by atoms with E-state index in [1.165, 1.54) is 5.57 Å². The zero-order valence-electron chi connectivity index (χ0n) is 8.46. The van der Waals surface area contributed by atoms with E-state index in [2.05, 4.69) is 58.1 Å².